The molecule has 1 unspecified atom stereocenters. The SMILES string of the molecule is CN1CCCC1CCNCc1cccc(-c2cnc(N(C)C3CCCCC3)nc2)c1. The molecule has 0 radical (unpaired) electrons. The topological polar surface area (TPSA) is 44.3 Å². The van der Waals surface area contributed by atoms with Gasteiger partial charge in [0, 0.05) is 43.6 Å². The fourth-order valence-corrected chi connectivity index (χ4v) is 4.99. The predicted molar refractivity (Wildman–Crippen MR) is 125 cm³/mol. The van der Waals surface area contributed by atoms with Crippen molar-refractivity contribution in [2.24, 2.45) is 0 Å². The van der Waals surface area contributed by atoms with Crippen molar-refractivity contribution in [1.82, 2.24) is 20.2 Å². The first-order valence-electron chi connectivity index (χ1n) is 11.8. The van der Waals surface area contributed by atoms with Crippen LogP contribution in [0.25, 0.3) is 11.1 Å². The molecule has 5 heteroatoms. The Labute approximate surface area is 181 Å². The van der Waals surface area contributed by atoms with E-state index in [-0.39, 0.29) is 0 Å². The van der Waals surface area contributed by atoms with Crippen LogP contribution in [-0.4, -0.2) is 54.1 Å². The molecule has 1 saturated heterocycles. The molecular formula is C25H37N5. The van der Waals surface area contributed by atoms with Crippen LogP contribution in [0.1, 0.15) is 56.9 Å². The van der Waals surface area contributed by atoms with Crippen LogP contribution in [0.4, 0.5) is 5.95 Å². The second kappa shape index (κ2) is 10.4. The van der Waals surface area contributed by atoms with Crippen molar-refractivity contribution in [2.75, 3.05) is 32.1 Å². The van der Waals surface area contributed by atoms with Crippen LogP contribution in [0.3, 0.4) is 0 Å². The highest BCUT2D eigenvalue weighted by atomic mass is 15.2. The van der Waals surface area contributed by atoms with Gasteiger partial charge in [-0.1, -0.05) is 37.5 Å². The molecular weight excluding hydrogens is 370 g/mol. The minimum Gasteiger partial charge on any atom is -0.341 e. The number of anilines is 1. The molecule has 2 heterocycles. The van der Waals surface area contributed by atoms with Gasteiger partial charge >= 0.3 is 0 Å². The van der Waals surface area contributed by atoms with E-state index in [1.54, 1.807) is 0 Å². The number of aromatic nitrogens is 2. The van der Waals surface area contributed by atoms with Crippen LogP contribution in [0.15, 0.2) is 36.7 Å². The lowest BCUT2D eigenvalue weighted by molar-refractivity contribution is 0.293. The number of likely N-dealkylation sites (tertiary alicyclic amines) is 1. The number of hydrogen-bond acceptors (Lipinski definition) is 5. The van der Waals surface area contributed by atoms with Crippen LogP contribution < -0.4 is 10.2 Å². The van der Waals surface area contributed by atoms with Crippen molar-refractivity contribution >= 4 is 5.95 Å². The van der Waals surface area contributed by atoms with Crippen molar-refractivity contribution < 1.29 is 0 Å². The number of nitrogens with zero attached hydrogens (tertiary/aromatic N) is 4. The van der Waals surface area contributed by atoms with E-state index in [4.69, 9.17) is 0 Å². The molecule has 2 fully saturated rings. The average Bonchev–Trinajstić information content (AvgIpc) is 3.22. The normalized spacial score (nSPS) is 20.5. The van der Waals surface area contributed by atoms with Crippen LogP contribution in [0.5, 0.6) is 0 Å². The van der Waals surface area contributed by atoms with Gasteiger partial charge in [0.25, 0.3) is 0 Å². The van der Waals surface area contributed by atoms with Crippen LogP contribution >= 0.6 is 0 Å². The summed E-state index contributed by atoms with van der Waals surface area (Å²) in [6.07, 6.45) is 14.4. The third kappa shape index (κ3) is 5.38. The summed E-state index contributed by atoms with van der Waals surface area (Å²) in [5, 5.41) is 3.62. The Morgan fingerprint density at radius 2 is 1.83 bits per heavy atom. The lowest BCUT2D eigenvalue weighted by atomic mass is 9.95. The van der Waals surface area contributed by atoms with Crippen molar-refractivity contribution in [3.8, 4) is 11.1 Å². The Hall–Kier alpha value is -1.98. The lowest BCUT2D eigenvalue weighted by Crippen LogP contribution is -2.34. The molecule has 0 bridgehead atoms. The zero-order valence-corrected chi connectivity index (χ0v) is 18.7. The van der Waals surface area contributed by atoms with Gasteiger partial charge in [-0.05, 0) is 69.4 Å². The zero-order valence-electron chi connectivity index (χ0n) is 18.7. The van der Waals surface area contributed by atoms with Gasteiger partial charge in [-0.25, -0.2) is 9.97 Å². The smallest absolute Gasteiger partial charge is 0.225 e. The standard InChI is InChI=1S/C25H37N5/c1-29-15-7-12-23(29)13-14-26-17-20-8-6-9-21(16-20)22-18-27-25(28-19-22)30(2)24-10-4-3-5-11-24/h6,8-9,16,18-19,23-24,26H,3-5,7,10-15,17H2,1-2H3. The second-order valence-corrected chi connectivity index (χ2v) is 9.12. The van der Waals surface area contributed by atoms with E-state index in [1.165, 1.54) is 69.0 Å². The van der Waals surface area contributed by atoms with E-state index in [0.717, 1.165) is 30.6 Å². The zero-order chi connectivity index (χ0) is 20.8. The van der Waals surface area contributed by atoms with Crippen LogP contribution in [0.2, 0.25) is 0 Å². The summed E-state index contributed by atoms with van der Waals surface area (Å²) in [4.78, 5) is 14.1. The average molecular weight is 408 g/mol. The first-order chi connectivity index (χ1) is 14.7. The van der Waals surface area contributed by atoms with Crippen molar-refractivity contribution in [3.05, 3.63) is 42.2 Å². The highest BCUT2D eigenvalue weighted by molar-refractivity contribution is 5.63. The Morgan fingerprint density at radius 1 is 1.03 bits per heavy atom. The monoisotopic (exact) mass is 407 g/mol. The van der Waals surface area contributed by atoms with Gasteiger partial charge < -0.3 is 15.1 Å². The molecule has 0 spiro atoms. The molecule has 2 aliphatic rings. The molecule has 1 atom stereocenters. The molecule has 2 aromatic rings. The second-order valence-electron chi connectivity index (χ2n) is 9.12. The molecule has 0 amide bonds. The Balaban J connectivity index is 1.31. The van der Waals surface area contributed by atoms with Crippen molar-refractivity contribution in [3.63, 3.8) is 0 Å². The van der Waals surface area contributed by atoms with E-state index >= 15 is 0 Å². The van der Waals surface area contributed by atoms with Gasteiger partial charge in [-0.15, -0.1) is 0 Å². The van der Waals surface area contributed by atoms with E-state index < -0.39 is 0 Å². The highest BCUT2D eigenvalue weighted by Gasteiger charge is 2.20. The molecule has 5 nitrogen and oxygen atoms in total. The Kier molecular flexibility index (Phi) is 7.34. The first-order valence-corrected chi connectivity index (χ1v) is 11.8. The maximum atomic E-state index is 4.68. The molecule has 1 aliphatic carbocycles. The third-order valence-corrected chi connectivity index (χ3v) is 6.99. The number of benzene rings is 1. The summed E-state index contributed by atoms with van der Waals surface area (Å²) in [5.74, 6) is 0.848. The van der Waals surface area contributed by atoms with Crippen LogP contribution in [-0.2, 0) is 6.54 Å². The fourth-order valence-electron chi connectivity index (χ4n) is 4.99. The molecule has 1 N–H and O–H groups in total. The summed E-state index contributed by atoms with van der Waals surface area (Å²) in [6, 6.07) is 10.1. The molecule has 1 saturated carbocycles. The lowest BCUT2D eigenvalue weighted by Gasteiger charge is -2.31. The van der Waals surface area contributed by atoms with Crippen LogP contribution in [0, 0.1) is 0 Å². The molecule has 4 rings (SSSR count). The fraction of sp³-hybridized carbons (Fsp3) is 0.600. The van der Waals surface area contributed by atoms with Gasteiger partial charge in [0.05, 0.1) is 0 Å². The minimum absolute atomic E-state index is 0.586. The van der Waals surface area contributed by atoms with Crippen molar-refractivity contribution in [2.45, 2.75) is 70.0 Å². The number of nitrogens with one attached hydrogen (secondary N) is 1. The molecule has 162 valence electrons. The molecule has 1 aliphatic heterocycles. The van der Waals surface area contributed by atoms with E-state index in [2.05, 4.69) is 63.4 Å². The van der Waals surface area contributed by atoms with E-state index in [9.17, 15) is 0 Å². The summed E-state index contributed by atoms with van der Waals surface area (Å²) in [5.41, 5.74) is 3.59. The van der Waals surface area contributed by atoms with Crippen molar-refractivity contribution in [1.29, 1.82) is 0 Å². The van der Waals surface area contributed by atoms with Gasteiger partial charge in [0.15, 0.2) is 0 Å². The summed E-state index contributed by atoms with van der Waals surface area (Å²) in [6.45, 7) is 3.24. The maximum absolute atomic E-state index is 4.68. The quantitative estimate of drug-likeness (QED) is 0.654. The third-order valence-electron chi connectivity index (χ3n) is 6.99. The molecule has 1 aromatic carbocycles. The van der Waals surface area contributed by atoms with E-state index in [0.29, 0.717) is 6.04 Å². The first kappa shape index (κ1) is 21.3. The largest absolute Gasteiger partial charge is 0.341 e. The van der Waals surface area contributed by atoms with E-state index in [1.807, 2.05) is 12.4 Å². The maximum Gasteiger partial charge on any atom is 0.225 e. The van der Waals surface area contributed by atoms with Gasteiger partial charge in [-0.3, -0.25) is 0 Å². The number of hydrogen-bond donors (Lipinski definition) is 1. The highest BCUT2D eigenvalue weighted by Crippen LogP contribution is 2.25. The summed E-state index contributed by atoms with van der Waals surface area (Å²) >= 11 is 0. The molecule has 30 heavy (non-hydrogen) atoms. The van der Waals surface area contributed by atoms with Gasteiger partial charge in [0.2, 0.25) is 5.95 Å². The van der Waals surface area contributed by atoms with Gasteiger partial charge in [0.1, 0.15) is 0 Å². The molecule has 1 aromatic heterocycles. The summed E-state index contributed by atoms with van der Waals surface area (Å²) < 4.78 is 0. The number of rotatable bonds is 8. The minimum atomic E-state index is 0.586. The predicted octanol–water partition coefficient (Wildman–Crippen LogP) is 4.49. The summed E-state index contributed by atoms with van der Waals surface area (Å²) in [7, 11) is 4.39. The van der Waals surface area contributed by atoms with Gasteiger partial charge in [-0.2, -0.15) is 0 Å². The Morgan fingerprint density at radius 3 is 2.57 bits per heavy atom. The Bertz CT molecular complexity index is 784.